The van der Waals surface area contributed by atoms with Crippen molar-refractivity contribution in [2.24, 2.45) is 0 Å². The monoisotopic (exact) mass is 168 g/mol. The lowest BCUT2D eigenvalue weighted by molar-refractivity contribution is -0.0979. The van der Waals surface area contributed by atoms with Crippen LogP contribution in [0.2, 0.25) is 0 Å². The Balaban J connectivity index is 0. The third kappa shape index (κ3) is 11.5. The number of rotatable bonds is 0. The summed E-state index contributed by atoms with van der Waals surface area (Å²) in [6.45, 7) is 6.25. The minimum atomic E-state index is 0.322. The Hall–Kier alpha value is -1.31. The van der Waals surface area contributed by atoms with E-state index in [2.05, 4.69) is 13.8 Å². The van der Waals surface area contributed by atoms with Gasteiger partial charge in [-0.3, -0.25) is 0 Å². The predicted octanol–water partition coefficient (Wildman–Crippen LogP) is 2.62. The first-order valence-corrected chi connectivity index (χ1v) is 3.84. The van der Waals surface area contributed by atoms with Crippen molar-refractivity contribution in [3.63, 3.8) is 0 Å². The van der Waals surface area contributed by atoms with Crippen molar-refractivity contribution in [2.75, 3.05) is 0 Å². The Morgan fingerprint density at radius 3 is 1.67 bits per heavy atom. The molecule has 0 aromatic heterocycles. The third-order valence-electron chi connectivity index (χ3n) is 0.756. The molecule has 1 N–H and O–H groups in total. The average molecular weight is 168 g/mol. The fourth-order valence-corrected chi connectivity index (χ4v) is 0.428. The van der Waals surface area contributed by atoms with Crippen LogP contribution in [0.15, 0.2) is 30.3 Å². The van der Waals surface area contributed by atoms with E-state index in [-0.39, 0.29) is 0 Å². The number of hydrogen-bond donors (Lipinski definition) is 1. The highest BCUT2D eigenvalue weighted by Gasteiger charge is 1.74. The van der Waals surface area contributed by atoms with Crippen molar-refractivity contribution in [1.29, 1.82) is 0 Å². The zero-order valence-corrected chi connectivity index (χ0v) is 7.66. The van der Waals surface area contributed by atoms with Crippen LogP contribution in [0.3, 0.4) is 0 Å². The number of carbonyl (C=O) groups is 1. The normalized spacial score (nSPS) is 6.83. The van der Waals surface area contributed by atoms with Gasteiger partial charge in [0.25, 0.3) is 0 Å². The van der Waals surface area contributed by atoms with E-state index in [1.807, 2.05) is 12.9 Å². The molecule has 2 nitrogen and oxygen atoms in total. The van der Waals surface area contributed by atoms with E-state index >= 15 is 0 Å². The van der Waals surface area contributed by atoms with Crippen molar-refractivity contribution in [3.05, 3.63) is 30.3 Å². The second-order valence-electron chi connectivity index (χ2n) is 2.04. The van der Waals surface area contributed by atoms with E-state index in [0.29, 0.717) is 5.75 Å². The average Bonchev–Trinajstić information content (AvgIpc) is 2.11. The molecule has 0 saturated carbocycles. The van der Waals surface area contributed by atoms with Crippen LogP contribution in [0.5, 0.6) is 5.75 Å². The van der Waals surface area contributed by atoms with Crippen LogP contribution in [0, 0.1) is 0 Å². The highest BCUT2D eigenvalue weighted by atomic mass is 16.3. The van der Waals surface area contributed by atoms with Gasteiger partial charge in [-0.2, -0.15) is 0 Å². The van der Waals surface area contributed by atoms with Crippen LogP contribution in [0.1, 0.15) is 20.3 Å². The summed E-state index contributed by atoms with van der Waals surface area (Å²) in [6.07, 6.45) is 1.25. The Labute approximate surface area is 73.9 Å². The van der Waals surface area contributed by atoms with Gasteiger partial charge in [-0.15, -0.1) is 0 Å². The lowest BCUT2D eigenvalue weighted by Gasteiger charge is -1.82. The molecule has 0 fully saturated rings. The molecular formula is C10H16O2. The number of benzene rings is 1. The number of carbonyl (C=O) groups excluding carboxylic acids is 1. The van der Waals surface area contributed by atoms with E-state index in [0.717, 1.165) is 0 Å². The molecule has 1 rings (SSSR count). The Morgan fingerprint density at radius 1 is 1.17 bits per heavy atom. The molecule has 2 heteroatoms. The van der Waals surface area contributed by atoms with Crippen molar-refractivity contribution in [1.82, 2.24) is 0 Å². The molecule has 0 bridgehead atoms. The second kappa shape index (κ2) is 12.4. The number of para-hydroxylation sites is 1. The van der Waals surface area contributed by atoms with Gasteiger partial charge in [-0.05, 0) is 12.1 Å². The van der Waals surface area contributed by atoms with Gasteiger partial charge in [0.1, 0.15) is 12.5 Å². The molecule has 0 radical (unpaired) electrons. The van der Waals surface area contributed by atoms with Crippen molar-refractivity contribution < 1.29 is 9.90 Å². The number of hydrogen-bond acceptors (Lipinski definition) is 2. The number of phenols is 1. The molecule has 0 spiro atoms. The van der Waals surface area contributed by atoms with Crippen LogP contribution in [-0.2, 0) is 4.79 Å². The molecule has 0 aliphatic rings. The molecule has 1 aromatic carbocycles. The summed E-state index contributed by atoms with van der Waals surface area (Å²) in [5.41, 5.74) is 0. The molecular weight excluding hydrogens is 152 g/mol. The minimum absolute atomic E-state index is 0.322. The fourth-order valence-electron chi connectivity index (χ4n) is 0.428. The fraction of sp³-hybridized carbons (Fsp3) is 0.300. The van der Waals surface area contributed by atoms with Gasteiger partial charge in [-0.25, -0.2) is 0 Å². The first-order valence-electron chi connectivity index (χ1n) is 3.84. The molecule has 0 heterocycles. The summed E-state index contributed by atoms with van der Waals surface area (Å²) in [5, 5.41) is 8.63. The molecule has 1 aromatic rings. The van der Waals surface area contributed by atoms with Crippen molar-refractivity contribution in [3.8, 4) is 5.75 Å². The first-order chi connectivity index (χ1) is 5.81. The largest absolute Gasteiger partial charge is 0.508 e. The van der Waals surface area contributed by atoms with Crippen molar-refractivity contribution >= 4 is 6.79 Å². The molecule has 0 atom stereocenters. The van der Waals surface area contributed by atoms with Crippen LogP contribution >= 0.6 is 0 Å². The van der Waals surface area contributed by atoms with E-state index < -0.39 is 0 Å². The summed E-state index contributed by atoms with van der Waals surface area (Å²) >= 11 is 0. The van der Waals surface area contributed by atoms with E-state index in [9.17, 15) is 0 Å². The minimum Gasteiger partial charge on any atom is -0.508 e. The summed E-state index contributed by atoms with van der Waals surface area (Å²) in [7, 11) is 0. The molecule has 12 heavy (non-hydrogen) atoms. The van der Waals surface area contributed by atoms with Gasteiger partial charge in [0.05, 0.1) is 0 Å². The van der Waals surface area contributed by atoms with Crippen LogP contribution in [0.25, 0.3) is 0 Å². The van der Waals surface area contributed by atoms with Crippen LogP contribution < -0.4 is 0 Å². The lowest BCUT2D eigenvalue weighted by atomic mass is 10.3. The van der Waals surface area contributed by atoms with Gasteiger partial charge in [0.2, 0.25) is 0 Å². The maximum absolute atomic E-state index is 8.63. The molecule has 0 aliphatic heterocycles. The zero-order chi connectivity index (χ0) is 9.82. The van der Waals surface area contributed by atoms with Gasteiger partial charge in [0, 0.05) is 0 Å². The van der Waals surface area contributed by atoms with Gasteiger partial charge in [0.15, 0.2) is 0 Å². The van der Waals surface area contributed by atoms with Gasteiger partial charge < -0.3 is 9.90 Å². The maximum atomic E-state index is 8.63. The number of aromatic hydroxyl groups is 1. The maximum Gasteiger partial charge on any atom is 0.115 e. The summed E-state index contributed by atoms with van der Waals surface area (Å²) in [4.78, 5) is 8.00. The summed E-state index contributed by atoms with van der Waals surface area (Å²) in [6, 6.07) is 8.71. The van der Waals surface area contributed by atoms with Gasteiger partial charge in [-0.1, -0.05) is 38.5 Å². The van der Waals surface area contributed by atoms with Crippen LogP contribution in [0.4, 0.5) is 0 Å². The highest BCUT2D eigenvalue weighted by molar-refractivity contribution is 5.18. The standard InChI is InChI=1S/C6H6O.C3H8.CH2O/c7-6-4-2-1-3-5-6;1-3-2;1-2/h1-5,7H;3H2,1-2H3;1H2. The quantitative estimate of drug-likeness (QED) is 0.646. The predicted molar refractivity (Wildman–Crippen MR) is 51.2 cm³/mol. The SMILES string of the molecule is C=O.CCC.Oc1ccccc1. The van der Waals surface area contributed by atoms with Crippen molar-refractivity contribution in [2.45, 2.75) is 20.3 Å². The smallest absolute Gasteiger partial charge is 0.115 e. The lowest BCUT2D eigenvalue weighted by Crippen LogP contribution is -1.56. The molecule has 68 valence electrons. The first kappa shape index (κ1) is 13.3. The Kier molecular flexibility index (Phi) is 13.7. The molecule has 0 amide bonds. The Bertz CT molecular complexity index is 161. The van der Waals surface area contributed by atoms with E-state index in [1.54, 1.807) is 24.3 Å². The Morgan fingerprint density at radius 2 is 1.50 bits per heavy atom. The summed E-state index contributed by atoms with van der Waals surface area (Å²) in [5.74, 6) is 0.322. The zero-order valence-electron chi connectivity index (χ0n) is 7.66. The second-order valence-corrected chi connectivity index (χ2v) is 2.04. The highest BCUT2D eigenvalue weighted by Crippen LogP contribution is 2.02. The summed E-state index contributed by atoms with van der Waals surface area (Å²) < 4.78 is 0. The molecule has 0 unspecified atom stereocenters. The van der Waals surface area contributed by atoms with Crippen LogP contribution in [-0.4, -0.2) is 11.9 Å². The molecule has 0 saturated heterocycles. The van der Waals surface area contributed by atoms with E-state index in [4.69, 9.17) is 9.90 Å². The molecule has 0 aliphatic carbocycles. The van der Waals surface area contributed by atoms with Gasteiger partial charge >= 0.3 is 0 Å². The third-order valence-corrected chi connectivity index (χ3v) is 0.756. The topological polar surface area (TPSA) is 37.3 Å². The van der Waals surface area contributed by atoms with E-state index in [1.165, 1.54) is 6.42 Å². The number of phenolic OH excluding ortho intramolecular Hbond substituents is 1.